The Bertz CT molecular complexity index is 869. The predicted octanol–water partition coefficient (Wildman–Crippen LogP) is 4.61. The molecule has 3 rings (SSSR count). The van der Waals surface area contributed by atoms with Gasteiger partial charge in [0.1, 0.15) is 0 Å². The van der Waals surface area contributed by atoms with Crippen LogP contribution < -0.4 is 10.6 Å². The first-order chi connectivity index (χ1) is 12.2. The highest BCUT2D eigenvalue weighted by molar-refractivity contribution is 7.80. The number of para-hydroxylation sites is 1. The number of benzene rings is 2. The lowest BCUT2D eigenvalue weighted by Crippen LogP contribution is -2.20. The van der Waals surface area contributed by atoms with Gasteiger partial charge in [0.25, 0.3) is 0 Å². The van der Waals surface area contributed by atoms with Gasteiger partial charge in [-0.05, 0) is 48.3 Å². The first-order valence-corrected chi connectivity index (χ1v) is 8.80. The molecule has 0 saturated heterocycles. The van der Waals surface area contributed by atoms with E-state index in [0.717, 1.165) is 24.5 Å². The van der Waals surface area contributed by atoms with E-state index in [0.29, 0.717) is 5.11 Å². The number of thiocarbonyl (C=S) groups is 1. The highest BCUT2D eigenvalue weighted by atomic mass is 32.1. The van der Waals surface area contributed by atoms with E-state index in [1.807, 2.05) is 41.2 Å². The average molecular weight is 350 g/mol. The molecule has 4 nitrogen and oxygen atoms in total. The van der Waals surface area contributed by atoms with Crippen LogP contribution in [0.4, 0.5) is 11.5 Å². The molecule has 0 radical (unpaired) electrons. The second kappa shape index (κ2) is 7.94. The topological polar surface area (TPSA) is 41.9 Å². The summed E-state index contributed by atoms with van der Waals surface area (Å²) in [6.45, 7) is 4.99. The van der Waals surface area contributed by atoms with Gasteiger partial charge < -0.3 is 10.6 Å². The van der Waals surface area contributed by atoms with Crippen molar-refractivity contribution in [2.75, 3.05) is 10.6 Å². The highest BCUT2D eigenvalue weighted by Gasteiger charge is 2.06. The maximum atomic E-state index is 5.41. The van der Waals surface area contributed by atoms with Crippen LogP contribution in [0.3, 0.4) is 0 Å². The Labute approximate surface area is 153 Å². The third kappa shape index (κ3) is 4.45. The van der Waals surface area contributed by atoms with Crippen molar-refractivity contribution in [2.24, 2.45) is 0 Å². The summed E-state index contributed by atoms with van der Waals surface area (Å²) in [5.74, 6) is 0.736. The van der Waals surface area contributed by atoms with Crippen molar-refractivity contribution < 1.29 is 0 Å². The van der Waals surface area contributed by atoms with Gasteiger partial charge in [-0.1, -0.05) is 49.4 Å². The summed E-state index contributed by atoms with van der Waals surface area (Å²) < 4.78 is 1.91. The van der Waals surface area contributed by atoms with Crippen LogP contribution in [0, 0.1) is 6.92 Å². The number of nitrogens with zero attached hydrogens (tertiary/aromatic N) is 2. The molecule has 0 aliphatic rings. The maximum absolute atomic E-state index is 5.41. The van der Waals surface area contributed by atoms with E-state index in [1.165, 1.54) is 16.7 Å². The van der Waals surface area contributed by atoms with Crippen molar-refractivity contribution >= 4 is 28.8 Å². The van der Waals surface area contributed by atoms with Gasteiger partial charge in [-0.15, -0.1) is 0 Å². The van der Waals surface area contributed by atoms with Gasteiger partial charge in [-0.25, -0.2) is 0 Å². The lowest BCUT2D eigenvalue weighted by atomic mass is 10.1. The summed E-state index contributed by atoms with van der Waals surface area (Å²) in [4.78, 5) is 0. The number of aryl methyl sites for hydroxylation is 2. The molecule has 3 aromatic rings. The molecule has 1 heterocycles. The van der Waals surface area contributed by atoms with Crippen LogP contribution in [0.1, 0.15) is 23.6 Å². The second-order valence-corrected chi connectivity index (χ2v) is 6.32. The molecular weight excluding hydrogens is 328 g/mol. The Hall–Kier alpha value is -2.66. The quantitative estimate of drug-likeness (QED) is 0.659. The molecule has 0 fully saturated rings. The minimum Gasteiger partial charge on any atom is -0.332 e. The van der Waals surface area contributed by atoms with Crippen molar-refractivity contribution in [3.63, 3.8) is 0 Å². The van der Waals surface area contributed by atoms with Crippen molar-refractivity contribution in [3.8, 4) is 0 Å². The first-order valence-electron chi connectivity index (χ1n) is 8.39. The van der Waals surface area contributed by atoms with E-state index < -0.39 is 0 Å². The van der Waals surface area contributed by atoms with Crippen LogP contribution in [-0.2, 0) is 13.0 Å². The standard InChI is InChI=1S/C20H22N4S/c1-3-16-9-6-7-11-18(16)21-20(25)22-19-12-13-24(23-19)14-17-10-5-4-8-15(17)2/h4-13H,3,14H2,1-2H3,(H2,21,22,23,25). The van der Waals surface area contributed by atoms with Crippen molar-refractivity contribution in [1.29, 1.82) is 0 Å². The lowest BCUT2D eigenvalue weighted by Gasteiger charge is -2.12. The number of hydrogen-bond acceptors (Lipinski definition) is 2. The number of aromatic nitrogens is 2. The zero-order chi connectivity index (χ0) is 17.6. The zero-order valence-corrected chi connectivity index (χ0v) is 15.3. The Morgan fingerprint density at radius 3 is 2.48 bits per heavy atom. The SMILES string of the molecule is CCc1ccccc1NC(=S)Nc1ccn(Cc2ccccc2C)n1. The average Bonchev–Trinajstić information content (AvgIpc) is 3.04. The van der Waals surface area contributed by atoms with Gasteiger partial charge in [-0.2, -0.15) is 5.10 Å². The van der Waals surface area contributed by atoms with Crippen LogP contribution in [0.5, 0.6) is 0 Å². The van der Waals surface area contributed by atoms with E-state index in [4.69, 9.17) is 12.2 Å². The fraction of sp³-hybridized carbons (Fsp3) is 0.200. The summed E-state index contributed by atoms with van der Waals surface area (Å²) in [5, 5.41) is 11.5. The molecule has 0 bridgehead atoms. The molecule has 5 heteroatoms. The van der Waals surface area contributed by atoms with Gasteiger partial charge in [0.2, 0.25) is 0 Å². The maximum Gasteiger partial charge on any atom is 0.176 e. The molecule has 0 unspecified atom stereocenters. The number of hydrogen-bond donors (Lipinski definition) is 2. The van der Waals surface area contributed by atoms with Crippen molar-refractivity contribution in [3.05, 3.63) is 77.5 Å². The van der Waals surface area contributed by atoms with E-state index in [1.54, 1.807) is 0 Å². The Morgan fingerprint density at radius 2 is 1.72 bits per heavy atom. The van der Waals surface area contributed by atoms with Crippen molar-refractivity contribution in [2.45, 2.75) is 26.8 Å². The molecule has 25 heavy (non-hydrogen) atoms. The zero-order valence-electron chi connectivity index (χ0n) is 14.5. The van der Waals surface area contributed by atoms with Gasteiger partial charge in [0.05, 0.1) is 6.54 Å². The van der Waals surface area contributed by atoms with Gasteiger partial charge >= 0.3 is 0 Å². The summed E-state index contributed by atoms with van der Waals surface area (Å²) in [6, 6.07) is 18.4. The van der Waals surface area contributed by atoms with Gasteiger partial charge in [0.15, 0.2) is 10.9 Å². The molecule has 128 valence electrons. The molecule has 0 aliphatic carbocycles. The molecule has 1 aromatic heterocycles. The van der Waals surface area contributed by atoms with Gasteiger partial charge in [0, 0.05) is 18.0 Å². The molecule has 0 aliphatic heterocycles. The molecule has 2 N–H and O–H groups in total. The second-order valence-electron chi connectivity index (χ2n) is 5.91. The molecular formula is C20H22N4S. The molecule has 0 atom stereocenters. The highest BCUT2D eigenvalue weighted by Crippen LogP contribution is 2.16. The van der Waals surface area contributed by atoms with Gasteiger partial charge in [-0.3, -0.25) is 4.68 Å². The predicted molar refractivity (Wildman–Crippen MR) is 108 cm³/mol. The van der Waals surface area contributed by atoms with E-state index in [-0.39, 0.29) is 0 Å². The van der Waals surface area contributed by atoms with Crippen LogP contribution >= 0.6 is 12.2 Å². The first kappa shape index (κ1) is 17.2. The summed E-state index contributed by atoms with van der Waals surface area (Å²) in [7, 11) is 0. The summed E-state index contributed by atoms with van der Waals surface area (Å²) in [5.41, 5.74) is 4.79. The Morgan fingerprint density at radius 1 is 1.00 bits per heavy atom. The van der Waals surface area contributed by atoms with Crippen molar-refractivity contribution in [1.82, 2.24) is 9.78 Å². The van der Waals surface area contributed by atoms with E-state index in [2.05, 4.69) is 53.8 Å². The minimum absolute atomic E-state index is 0.544. The fourth-order valence-electron chi connectivity index (χ4n) is 2.70. The largest absolute Gasteiger partial charge is 0.332 e. The summed E-state index contributed by atoms with van der Waals surface area (Å²) >= 11 is 5.41. The van der Waals surface area contributed by atoms with E-state index in [9.17, 15) is 0 Å². The molecule has 0 amide bonds. The molecule has 0 spiro atoms. The fourth-order valence-corrected chi connectivity index (χ4v) is 2.91. The summed E-state index contributed by atoms with van der Waals surface area (Å²) in [6.07, 6.45) is 2.91. The smallest absolute Gasteiger partial charge is 0.176 e. The lowest BCUT2D eigenvalue weighted by molar-refractivity contribution is 0.687. The van der Waals surface area contributed by atoms with E-state index >= 15 is 0 Å². The van der Waals surface area contributed by atoms with Crippen LogP contribution in [-0.4, -0.2) is 14.9 Å². The molecule has 0 saturated carbocycles. The number of rotatable bonds is 5. The number of nitrogens with one attached hydrogen (secondary N) is 2. The minimum atomic E-state index is 0.544. The Kier molecular flexibility index (Phi) is 5.46. The van der Waals surface area contributed by atoms with Crippen LogP contribution in [0.15, 0.2) is 60.8 Å². The number of anilines is 2. The normalized spacial score (nSPS) is 10.5. The monoisotopic (exact) mass is 350 g/mol. The Balaban J connectivity index is 1.63. The van der Waals surface area contributed by atoms with Crippen LogP contribution in [0.2, 0.25) is 0 Å². The molecule has 2 aromatic carbocycles. The third-order valence-corrected chi connectivity index (χ3v) is 4.33. The van der Waals surface area contributed by atoms with Crippen LogP contribution in [0.25, 0.3) is 0 Å². The third-order valence-electron chi connectivity index (χ3n) is 4.12.